The van der Waals surface area contributed by atoms with Crippen molar-refractivity contribution in [2.24, 2.45) is 0 Å². The summed E-state index contributed by atoms with van der Waals surface area (Å²) in [6.45, 7) is 0. The molecule has 1 saturated heterocycles. The molecular formula is C21H23NO3. The second-order valence-corrected chi connectivity index (χ2v) is 6.68. The molecule has 25 heavy (non-hydrogen) atoms. The SMILES string of the molecule is CN1[C@H](CC(=O)c2ccccc2)C[C@H](O)[C@@H]1CC(=O)c1ccccc1. The number of rotatable bonds is 6. The van der Waals surface area contributed by atoms with E-state index in [0.717, 1.165) is 0 Å². The third-order valence-corrected chi connectivity index (χ3v) is 5.06. The predicted octanol–water partition coefficient (Wildman–Crippen LogP) is 2.97. The van der Waals surface area contributed by atoms with Gasteiger partial charge in [0.05, 0.1) is 6.10 Å². The Morgan fingerprint density at radius 1 is 0.920 bits per heavy atom. The Morgan fingerprint density at radius 3 is 1.92 bits per heavy atom. The number of ketones is 2. The van der Waals surface area contributed by atoms with Crippen LogP contribution in [0.3, 0.4) is 0 Å². The molecule has 0 aliphatic carbocycles. The number of benzene rings is 2. The molecule has 0 unspecified atom stereocenters. The average molecular weight is 337 g/mol. The lowest BCUT2D eigenvalue weighted by atomic mass is 10.00. The molecule has 2 aromatic carbocycles. The molecule has 0 bridgehead atoms. The molecule has 4 nitrogen and oxygen atoms in total. The molecule has 4 heteroatoms. The number of hydrogen-bond donors (Lipinski definition) is 1. The normalized spacial score (nSPS) is 23.5. The molecule has 1 aliphatic rings. The number of hydrogen-bond acceptors (Lipinski definition) is 4. The van der Waals surface area contributed by atoms with Crippen molar-refractivity contribution in [3.63, 3.8) is 0 Å². The van der Waals surface area contributed by atoms with Gasteiger partial charge in [0.1, 0.15) is 0 Å². The lowest BCUT2D eigenvalue weighted by Gasteiger charge is -2.25. The van der Waals surface area contributed by atoms with Crippen molar-refractivity contribution < 1.29 is 14.7 Å². The summed E-state index contributed by atoms with van der Waals surface area (Å²) in [5.41, 5.74) is 1.35. The predicted molar refractivity (Wildman–Crippen MR) is 96.7 cm³/mol. The van der Waals surface area contributed by atoms with E-state index in [1.54, 1.807) is 12.1 Å². The van der Waals surface area contributed by atoms with Crippen LogP contribution in [0, 0.1) is 0 Å². The average Bonchev–Trinajstić information content (AvgIpc) is 2.90. The van der Waals surface area contributed by atoms with Gasteiger partial charge in [-0.2, -0.15) is 0 Å². The summed E-state index contributed by atoms with van der Waals surface area (Å²) in [4.78, 5) is 26.9. The van der Waals surface area contributed by atoms with Crippen molar-refractivity contribution >= 4 is 11.6 Å². The smallest absolute Gasteiger partial charge is 0.164 e. The number of likely N-dealkylation sites (N-methyl/N-ethyl adjacent to an activating group) is 1. The van der Waals surface area contributed by atoms with Crippen molar-refractivity contribution in [1.29, 1.82) is 0 Å². The number of aliphatic hydroxyl groups is 1. The second-order valence-electron chi connectivity index (χ2n) is 6.68. The van der Waals surface area contributed by atoms with Crippen molar-refractivity contribution in [3.8, 4) is 0 Å². The Kier molecular flexibility index (Phi) is 5.41. The van der Waals surface area contributed by atoms with E-state index in [-0.39, 0.29) is 30.1 Å². The first-order chi connectivity index (χ1) is 12.1. The fraction of sp³-hybridized carbons (Fsp3) is 0.333. The summed E-state index contributed by atoms with van der Waals surface area (Å²) in [5.74, 6) is 0.0891. The zero-order valence-corrected chi connectivity index (χ0v) is 14.3. The number of Topliss-reactive ketones (excluding diaryl/α,β-unsaturated/α-hetero) is 2. The van der Waals surface area contributed by atoms with E-state index in [2.05, 4.69) is 0 Å². The summed E-state index contributed by atoms with van der Waals surface area (Å²) >= 11 is 0. The van der Waals surface area contributed by atoms with Gasteiger partial charge in [-0.25, -0.2) is 0 Å². The highest BCUT2D eigenvalue weighted by atomic mass is 16.3. The van der Waals surface area contributed by atoms with Crippen molar-refractivity contribution in [2.75, 3.05) is 7.05 Å². The fourth-order valence-corrected chi connectivity index (χ4v) is 3.54. The maximum atomic E-state index is 12.4. The number of carbonyl (C=O) groups excluding carboxylic acids is 2. The third-order valence-electron chi connectivity index (χ3n) is 5.06. The van der Waals surface area contributed by atoms with Gasteiger partial charge in [0.2, 0.25) is 0 Å². The van der Waals surface area contributed by atoms with Crippen LogP contribution >= 0.6 is 0 Å². The van der Waals surface area contributed by atoms with Crippen LogP contribution in [-0.2, 0) is 0 Å². The molecule has 0 saturated carbocycles. The van der Waals surface area contributed by atoms with Gasteiger partial charge in [-0.3, -0.25) is 14.5 Å². The summed E-state index contributed by atoms with van der Waals surface area (Å²) in [7, 11) is 1.89. The first kappa shape index (κ1) is 17.5. The maximum absolute atomic E-state index is 12.4. The molecule has 1 aliphatic heterocycles. The lowest BCUT2D eigenvalue weighted by Crippen LogP contribution is -2.38. The fourth-order valence-electron chi connectivity index (χ4n) is 3.54. The third kappa shape index (κ3) is 4.03. The van der Waals surface area contributed by atoms with Gasteiger partial charge in [0.25, 0.3) is 0 Å². The first-order valence-corrected chi connectivity index (χ1v) is 8.62. The second kappa shape index (κ2) is 7.72. The molecule has 0 aromatic heterocycles. The van der Waals surface area contributed by atoms with E-state index in [1.807, 2.05) is 60.5 Å². The molecule has 3 atom stereocenters. The topological polar surface area (TPSA) is 57.6 Å². The monoisotopic (exact) mass is 337 g/mol. The zero-order valence-electron chi connectivity index (χ0n) is 14.3. The first-order valence-electron chi connectivity index (χ1n) is 8.62. The molecule has 0 spiro atoms. The molecule has 130 valence electrons. The van der Waals surface area contributed by atoms with Gasteiger partial charge >= 0.3 is 0 Å². The van der Waals surface area contributed by atoms with E-state index in [1.165, 1.54) is 0 Å². The van der Waals surface area contributed by atoms with E-state index < -0.39 is 6.10 Å². The minimum absolute atomic E-state index is 0.0199. The highest BCUT2D eigenvalue weighted by Crippen LogP contribution is 2.29. The minimum atomic E-state index is -0.591. The van der Waals surface area contributed by atoms with Gasteiger partial charge in [-0.1, -0.05) is 60.7 Å². The van der Waals surface area contributed by atoms with E-state index in [0.29, 0.717) is 24.0 Å². The van der Waals surface area contributed by atoms with Crippen molar-refractivity contribution in [2.45, 2.75) is 37.5 Å². The molecular weight excluding hydrogens is 314 g/mol. The molecule has 1 heterocycles. The molecule has 1 fully saturated rings. The molecule has 3 rings (SSSR count). The van der Waals surface area contributed by atoms with E-state index in [4.69, 9.17) is 0 Å². The van der Waals surface area contributed by atoms with Gasteiger partial charge in [-0.15, -0.1) is 0 Å². The van der Waals surface area contributed by atoms with Crippen LogP contribution in [0.25, 0.3) is 0 Å². The summed E-state index contributed by atoms with van der Waals surface area (Å²) in [5, 5.41) is 10.4. The molecule has 2 aromatic rings. The van der Waals surface area contributed by atoms with E-state index >= 15 is 0 Å². The Bertz CT molecular complexity index is 729. The highest BCUT2D eigenvalue weighted by Gasteiger charge is 2.39. The van der Waals surface area contributed by atoms with Gasteiger partial charge in [0.15, 0.2) is 11.6 Å². The maximum Gasteiger partial charge on any atom is 0.164 e. The van der Waals surface area contributed by atoms with Crippen molar-refractivity contribution in [3.05, 3.63) is 71.8 Å². The lowest BCUT2D eigenvalue weighted by molar-refractivity contribution is 0.0821. The Hall–Kier alpha value is -2.30. The quantitative estimate of drug-likeness (QED) is 0.824. The number of nitrogens with zero attached hydrogens (tertiary/aromatic N) is 1. The minimum Gasteiger partial charge on any atom is -0.391 e. The number of likely N-dealkylation sites (tertiary alicyclic amines) is 1. The van der Waals surface area contributed by atoms with Gasteiger partial charge < -0.3 is 5.11 Å². The van der Waals surface area contributed by atoms with Crippen LogP contribution in [0.5, 0.6) is 0 Å². The Morgan fingerprint density at radius 2 is 1.40 bits per heavy atom. The number of aliphatic hydroxyl groups excluding tert-OH is 1. The van der Waals surface area contributed by atoms with Crippen LogP contribution in [0.2, 0.25) is 0 Å². The van der Waals surface area contributed by atoms with Crippen molar-refractivity contribution in [1.82, 2.24) is 4.90 Å². The Balaban J connectivity index is 1.64. The standard InChI is InChI=1S/C21H23NO3/c1-22-17(12-19(23)15-8-4-2-5-9-15)13-21(25)18(22)14-20(24)16-10-6-3-7-11-16/h2-11,17-18,21,25H,12-14H2,1H3/t17-,18+,21+/m1/s1. The highest BCUT2D eigenvalue weighted by molar-refractivity contribution is 5.97. The van der Waals surface area contributed by atoms with E-state index in [9.17, 15) is 14.7 Å². The number of carbonyl (C=O) groups is 2. The largest absolute Gasteiger partial charge is 0.391 e. The summed E-state index contributed by atoms with van der Waals surface area (Å²) in [6.07, 6.45) is 0.541. The van der Waals surface area contributed by atoms with Gasteiger partial charge in [-0.05, 0) is 13.5 Å². The zero-order chi connectivity index (χ0) is 17.8. The summed E-state index contributed by atoms with van der Waals surface area (Å²) in [6, 6.07) is 18.0. The van der Waals surface area contributed by atoms with Crippen LogP contribution in [0.15, 0.2) is 60.7 Å². The molecule has 1 N–H and O–H groups in total. The van der Waals surface area contributed by atoms with Crippen LogP contribution < -0.4 is 0 Å². The van der Waals surface area contributed by atoms with Crippen LogP contribution in [-0.4, -0.2) is 46.8 Å². The summed E-state index contributed by atoms with van der Waals surface area (Å²) < 4.78 is 0. The van der Waals surface area contributed by atoms with Gasteiger partial charge in [0, 0.05) is 36.1 Å². The van der Waals surface area contributed by atoms with Crippen LogP contribution in [0.1, 0.15) is 40.0 Å². The van der Waals surface area contributed by atoms with Crippen LogP contribution in [0.4, 0.5) is 0 Å². The molecule has 0 amide bonds. The molecule has 0 radical (unpaired) electrons. The Labute approximate surface area is 148 Å².